The highest BCUT2D eigenvalue weighted by molar-refractivity contribution is 7.15. The smallest absolute Gasteiger partial charge is 0.310 e. The van der Waals surface area contributed by atoms with Crippen LogP contribution in [0.5, 0.6) is 0 Å². The summed E-state index contributed by atoms with van der Waals surface area (Å²) < 4.78 is 0. The maximum atomic E-state index is 10.6. The number of hydrogen-bond donors (Lipinski definition) is 1. The van der Waals surface area contributed by atoms with Crippen molar-refractivity contribution >= 4 is 16.3 Å². The minimum absolute atomic E-state index is 0.214. The standard InChI is InChI=1S/C12H20N4O2S/c1-14-5-6-15(2)10(9-14)7-13-8-11-3-4-12(19-11)16(17)18/h3-4,10,13H,5-9H2,1-2H3. The molecular formula is C12H20N4O2S. The van der Waals surface area contributed by atoms with Crippen molar-refractivity contribution in [2.75, 3.05) is 40.3 Å². The Morgan fingerprint density at radius 2 is 2.26 bits per heavy atom. The minimum Gasteiger partial charge on any atom is -0.310 e. The molecule has 2 rings (SSSR count). The van der Waals surface area contributed by atoms with Gasteiger partial charge < -0.3 is 10.2 Å². The fourth-order valence-electron chi connectivity index (χ4n) is 2.24. The van der Waals surface area contributed by atoms with Crippen molar-refractivity contribution in [3.05, 3.63) is 27.1 Å². The fraction of sp³-hybridized carbons (Fsp3) is 0.667. The molecule has 1 aliphatic heterocycles. The van der Waals surface area contributed by atoms with E-state index in [1.54, 1.807) is 6.07 Å². The highest BCUT2D eigenvalue weighted by Crippen LogP contribution is 2.23. The Hall–Kier alpha value is -1.02. The average molecular weight is 284 g/mol. The first-order valence-corrected chi connectivity index (χ1v) is 7.20. The van der Waals surface area contributed by atoms with Gasteiger partial charge >= 0.3 is 5.00 Å². The van der Waals surface area contributed by atoms with Crippen LogP contribution in [0.3, 0.4) is 0 Å². The van der Waals surface area contributed by atoms with Crippen LogP contribution >= 0.6 is 11.3 Å². The molecule has 7 heteroatoms. The average Bonchev–Trinajstić information content (AvgIpc) is 2.82. The lowest BCUT2D eigenvalue weighted by atomic mass is 10.2. The van der Waals surface area contributed by atoms with Crippen LogP contribution in [0.4, 0.5) is 5.00 Å². The van der Waals surface area contributed by atoms with Gasteiger partial charge in [-0.15, -0.1) is 0 Å². The topological polar surface area (TPSA) is 61.6 Å². The van der Waals surface area contributed by atoms with Gasteiger partial charge in [-0.3, -0.25) is 15.0 Å². The van der Waals surface area contributed by atoms with Gasteiger partial charge in [-0.25, -0.2) is 0 Å². The molecule has 19 heavy (non-hydrogen) atoms. The summed E-state index contributed by atoms with van der Waals surface area (Å²) in [6.45, 7) is 4.88. The Kier molecular flexibility index (Phi) is 4.87. The van der Waals surface area contributed by atoms with Gasteiger partial charge in [-0.1, -0.05) is 11.3 Å². The monoisotopic (exact) mass is 284 g/mol. The van der Waals surface area contributed by atoms with E-state index in [0.29, 0.717) is 12.6 Å². The summed E-state index contributed by atoms with van der Waals surface area (Å²) >= 11 is 1.24. The van der Waals surface area contributed by atoms with Crippen LogP contribution in [0.2, 0.25) is 0 Å². The summed E-state index contributed by atoms with van der Waals surface area (Å²) in [5, 5.41) is 14.2. The van der Waals surface area contributed by atoms with Crippen LogP contribution in [-0.2, 0) is 6.54 Å². The van der Waals surface area contributed by atoms with E-state index in [4.69, 9.17) is 0 Å². The Bertz CT molecular complexity index is 437. The molecule has 0 aliphatic carbocycles. The molecule has 1 N–H and O–H groups in total. The summed E-state index contributed by atoms with van der Waals surface area (Å²) in [4.78, 5) is 16.0. The highest BCUT2D eigenvalue weighted by Gasteiger charge is 2.21. The molecule has 0 bridgehead atoms. The molecule has 1 aromatic rings. The molecule has 1 aliphatic rings. The number of nitro groups is 1. The fourth-order valence-corrected chi connectivity index (χ4v) is 3.03. The number of nitrogens with zero attached hydrogens (tertiary/aromatic N) is 3. The summed E-state index contributed by atoms with van der Waals surface area (Å²) in [5.41, 5.74) is 0. The number of thiophene rings is 1. The quantitative estimate of drug-likeness (QED) is 0.645. The lowest BCUT2D eigenvalue weighted by molar-refractivity contribution is -0.380. The van der Waals surface area contributed by atoms with Gasteiger partial charge in [-0.05, 0) is 20.2 Å². The first-order valence-electron chi connectivity index (χ1n) is 6.39. The Balaban J connectivity index is 1.77. The zero-order valence-electron chi connectivity index (χ0n) is 11.3. The van der Waals surface area contributed by atoms with E-state index in [1.807, 2.05) is 6.07 Å². The van der Waals surface area contributed by atoms with Crippen LogP contribution in [-0.4, -0.2) is 61.0 Å². The van der Waals surface area contributed by atoms with E-state index < -0.39 is 0 Å². The molecule has 106 valence electrons. The van der Waals surface area contributed by atoms with Gasteiger partial charge in [0.05, 0.1) is 4.92 Å². The second-order valence-electron chi connectivity index (χ2n) is 5.02. The molecule has 0 amide bonds. The lowest BCUT2D eigenvalue weighted by Crippen LogP contribution is -2.53. The first-order chi connectivity index (χ1) is 9.06. The van der Waals surface area contributed by atoms with Gasteiger partial charge in [0.2, 0.25) is 0 Å². The second-order valence-corrected chi connectivity index (χ2v) is 6.17. The van der Waals surface area contributed by atoms with Crippen LogP contribution in [0.15, 0.2) is 12.1 Å². The van der Waals surface area contributed by atoms with Crippen LogP contribution in [0, 0.1) is 10.1 Å². The number of likely N-dealkylation sites (N-methyl/N-ethyl adjacent to an activating group) is 2. The van der Waals surface area contributed by atoms with Crippen molar-refractivity contribution < 1.29 is 4.92 Å². The minimum atomic E-state index is -0.335. The third kappa shape index (κ3) is 3.97. The number of nitrogens with one attached hydrogen (secondary N) is 1. The summed E-state index contributed by atoms with van der Waals surface area (Å²) in [7, 11) is 4.29. The van der Waals surface area contributed by atoms with Crippen molar-refractivity contribution in [3.63, 3.8) is 0 Å². The Morgan fingerprint density at radius 1 is 1.47 bits per heavy atom. The van der Waals surface area contributed by atoms with E-state index in [-0.39, 0.29) is 9.92 Å². The highest BCUT2D eigenvalue weighted by atomic mass is 32.1. The van der Waals surface area contributed by atoms with Crippen molar-refractivity contribution in [2.24, 2.45) is 0 Å². The van der Waals surface area contributed by atoms with Crippen LogP contribution in [0.1, 0.15) is 4.88 Å². The third-order valence-corrected chi connectivity index (χ3v) is 4.52. The van der Waals surface area contributed by atoms with Gasteiger partial charge in [-0.2, -0.15) is 0 Å². The molecule has 0 spiro atoms. The predicted molar refractivity (Wildman–Crippen MR) is 76.6 cm³/mol. The van der Waals surface area contributed by atoms with Gasteiger partial charge in [0, 0.05) is 49.7 Å². The molecule has 2 heterocycles. The Morgan fingerprint density at radius 3 is 2.95 bits per heavy atom. The van der Waals surface area contributed by atoms with Gasteiger partial charge in [0.1, 0.15) is 0 Å². The molecule has 1 aromatic heterocycles. The first kappa shape index (κ1) is 14.4. The van der Waals surface area contributed by atoms with Crippen molar-refractivity contribution in [1.29, 1.82) is 0 Å². The molecular weight excluding hydrogens is 264 g/mol. The molecule has 1 unspecified atom stereocenters. The van der Waals surface area contributed by atoms with Crippen LogP contribution in [0.25, 0.3) is 0 Å². The molecule has 0 radical (unpaired) electrons. The number of hydrogen-bond acceptors (Lipinski definition) is 6. The maximum absolute atomic E-state index is 10.6. The zero-order chi connectivity index (χ0) is 13.8. The summed E-state index contributed by atoms with van der Waals surface area (Å²) in [6.07, 6.45) is 0. The third-order valence-electron chi connectivity index (χ3n) is 3.49. The molecule has 1 atom stereocenters. The van der Waals surface area contributed by atoms with E-state index in [9.17, 15) is 10.1 Å². The van der Waals surface area contributed by atoms with Gasteiger partial charge in [0.15, 0.2) is 0 Å². The normalized spacial score (nSPS) is 21.7. The largest absolute Gasteiger partial charge is 0.324 e. The van der Waals surface area contributed by atoms with E-state index in [2.05, 4.69) is 29.2 Å². The SMILES string of the molecule is CN1CCN(C)C(CNCc2ccc([N+](=O)[O-])s2)C1. The number of piperazine rings is 1. The molecule has 0 aromatic carbocycles. The summed E-state index contributed by atoms with van der Waals surface area (Å²) in [6, 6.07) is 3.91. The molecule has 1 fully saturated rings. The second kappa shape index (κ2) is 6.42. The van der Waals surface area contributed by atoms with E-state index in [1.165, 1.54) is 11.3 Å². The number of rotatable bonds is 5. The Labute approximate surface area is 117 Å². The van der Waals surface area contributed by atoms with Crippen molar-refractivity contribution in [1.82, 2.24) is 15.1 Å². The molecule has 6 nitrogen and oxygen atoms in total. The van der Waals surface area contributed by atoms with E-state index >= 15 is 0 Å². The van der Waals surface area contributed by atoms with Crippen molar-refractivity contribution in [3.8, 4) is 0 Å². The van der Waals surface area contributed by atoms with Crippen LogP contribution < -0.4 is 5.32 Å². The lowest BCUT2D eigenvalue weighted by Gasteiger charge is -2.37. The maximum Gasteiger partial charge on any atom is 0.324 e. The van der Waals surface area contributed by atoms with Gasteiger partial charge in [0.25, 0.3) is 0 Å². The molecule has 0 saturated carbocycles. The predicted octanol–water partition coefficient (Wildman–Crippen LogP) is 0.992. The summed E-state index contributed by atoms with van der Waals surface area (Å²) in [5.74, 6) is 0. The van der Waals surface area contributed by atoms with Crippen molar-refractivity contribution in [2.45, 2.75) is 12.6 Å². The van der Waals surface area contributed by atoms with E-state index in [0.717, 1.165) is 31.1 Å². The zero-order valence-corrected chi connectivity index (χ0v) is 12.2. The molecule has 1 saturated heterocycles.